The maximum Gasteiger partial charge on any atom is -0.147 e. The Bertz CT molecular complexity index is 399. The van der Waals surface area contributed by atoms with E-state index in [9.17, 15) is 0 Å². The molecule has 0 aromatic rings. The quantitative estimate of drug-likeness (QED) is 0.506. The summed E-state index contributed by atoms with van der Waals surface area (Å²) in [5, 5.41) is 0. The fraction of sp³-hybridized carbons (Fsp3) is 0.750. The number of allylic oxidation sites excluding steroid dienone is 4. The third kappa shape index (κ3) is 4.28. The van der Waals surface area contributed by atoms with E-state index in [-0.39, 0.29) is 30.0 Å². The third-order valence-electron chi connectivity index (χ3n) is 3.95. The van der Waals surface area contributed by atoms with Gasteiger partial charge in [-0.05, 0) is 0 Å². The van der Waals surface area contributed by atoms with Crippen LogP contribution in [0.2, 0.25) is 0 Å². The summed E-state index contributed by atoms with van der Waals surface area (Å²) in [5.41, 5.74) is 4.44. The molecule has 0 aromatic heterocycles. The van der Waals surface area contributed by atoms with Crippen molar-refractivity contribution in [3.8, 4) is 0 Å². The molecule has 2 nitrogen and oxygen atoms in total. The molecule has 1 aliphatic rings. The molecule has 0 N–H and O–H groups in total. The molecule has 0 spiro atoms. The molecule has 0 aromatic carbocycles. The first-order chi connectivity index (χ1) is 8.59. The molecule has 0 amide bonds. The molecule has 1 aliphatic carbocycles. The molecule has 1 rings (SSSR count). The van der Waals surface area contributed by atoms with E-state index in [1.165, 1.54) is 20.0 Å². The first kappa shape index (κ1) is 20.6. The Labute approximate surface area is 140 Å². The first-order valence-electron chi connectivity index (χ1n) is 7.19. The normalized spacial score (nSPS) is 18.1. The van der Waals surface area contributed by atoms with Gasteiger partial charge < -0.3 is 0 Å². The molecule has 0 heterocycles. The summed E-state index contributed by atoms with van der Waals surface area (Å²) < 4.78 is 14.0. The van der Waals surface area contributed by atoms with Gasteiger partial charge in [-0.2, -0.15) is 0 Å². The molecule has 0 saturated carbocycles. The summed E-state index contributed by atoms with van der Waals surface area (Å²) >= 11 is -2.66. The number of rotatable bonds is 5. The van der Waals surface area contributed by atoms with Crippen molar-refractivity contribution in [3.05, 3.63) is 20.0 Å². The summed E-state index contributed by atoms with van der Waals surface area (Å²) in [7, 11) is 0. The van der Waals surface area contributed by atoms with Crippen LogP contribution in [0.1, 0.15) is 62.3 Å². The Morgan fingerprint density at radius 2 is 1.25 bits per heavy atom. The van der Waals surface area contributed by atoms with E-state index in [2.05, 4.69) is 62.3 Å². The topological polar surface area (TPSA) is 18.5 Å². The van der Waals surface area contributed by atoms with Gasteiger partial charge in [-0.3, -0.25) is 0 Å². The average Bonchev–Trinajstić information content (AvgIpc) is 2.37. The predicted molar refractivity (Wildman–Crippen MR) is 84.5 cm³/mol. The molecule has 117 valence electrons. The van der Waals surface area contributed by atoms with Gasteiger partial charge in [0.25, 0.3) is 0 Å². The van der Waals surface area contributed by atoms with E-state index in [0.29, 0.717) is 0 Å². The predicted octanol–water partition coefficient (Wildman–Crippen LogP) is 5.36. The largest absolute Gasteiger partial charge is 0.147 e. The maximum atomic E-state index is 6.25. The molecule has 0 bridgehead atoms. The van der Waals surface area contributed by atoms with E-state index in [0.717, 1.165) is 0 Å². The summed E-state index contributed by atoms with van der Waals surface area (Å²) in [5.74, 6) is 0. The molecule has 0 atom stereocenters. The van der Waals surface area contributed by atoms with E-state index < -0.39 is 22.3 Å². The smallest absolute Gasteiger partial charge is 0.147 e. The Kier molecular flexibility index (Phi) is 7.93. The molecule has 0 radical (unpaired) electrons. The maximum absolute atomic E-state index is 6.25. The van der Waals surface area contributed by atoms with Gasteiger partial charge in [0.2, 0.25) is 0 Å². The van der Waals surface area contributed by atoms with E-state index >= 15 is 0 Å². The monoisotopic (exact) mass is 469 g/mol. The summed E-state index contributed by atoms with van der Waals surface area (Å²) in [6.45, 7) is 19.8. The average molecular weight is 468 g/mol. The molecule has 0 fully saturated rings. The van der Waals surface area contributed by atoms with Gasteiger partial charge >= 0.3 is 128 Å². The minimum atomic E-state index is -2.66. The Morgan fingerprint density at radius 3 is 1.50 bits per heavy atom. The second-order valence-corrected chi connectivity index (χ2v) is 12.1. The van der Waals surface area contributed by atoms with Gasteiger partial charge in [0.05, 0.1) is 0 Å². The van der Waals surface area contributed by atoms with Crippen molar-refractivity contribution < 1.29 is 28.0 Å². The molecular formula is C16H30ClHfO2. The van der Waals surface area contributed by atoms with E-state index in [1.807, 2.05) is 0 Å². The van der Waals surface area contributed by atoms with Crippen LogP contribution in [0.5, 0.6) is 0 Å². The van der Waals surface area contributed by atoms with Crippen LogP contribution in [0.15, 0.2) is 20.0 Å². The zero-order chi connectivity index (χ0) is 15.0. The van der Waals surface area contributed by atoms with Crippen molar-refractivity contribution in [1.29, 1.82) is 0 Å². The van der Waals surface area contributed by atoms with Gasteiger partial charge in [-0.1, -0.05) is 0 Å². The van der Waals surface area contributed by atoms with Crippen LogP contribution in [0.3, 0.4) is 0 Å². The van der Waals surface area contributed by atoms with Crippen LogP contribution in [-0.2, 0) is 28.0 Å². The first-order valence-corrected chi connectivity index (χ1v) is 11.9. The molecule has 0 unspecified atom stereocenters. The third-order valence-corrected chi connectivity index (χ3v) is 13.9. The van der Waals surface area contributed by atoms with Gasteiger partial charge in [0.1, 0.15) is 0 Å². The minimum absolute atomic E-state index is 0. The van der Waals surface area contributed by atoms with Gasteiger partial charge in [0.15, 0.2) is 0 Å². The van der Waals surface area contributed by atoms with Crippen molar-refractivity contribution in [3.63, 3.8) is 0 Å². The summed E-state index contributed by atoms with van der Waals surface area (Å²) in [6.07, 6.45) is 0.497. The molecule has 0 aliphatic heterocycles. The van der Waals surface area contributed by atoms with Crippen molar-refractivity contribution in [2.45, 2.75) is 74.5 Å². The second kappa shape index (κ2) is 7.71. The molecule has 0 saturated heterocycles. The summed E-state index contributed by atoms with van der Waals surface area (Å²) in [4.78, 5) is 0. The van der Waals surface area contributed by atoms with Crippen LogP contribution < -0.4 is 0 Å². The van der Waals surface area contributed by atoms with Gasteiger partial charge in [-0.25, -0.2) is 0 Å². The van der Waals surface area contributed by atoms with Crippen LogP contribution in [0.4, 0.5) is 0 Å². The number of hydrogen-bond acceptors (Lipinski definition) is 2. The van der Waals surface area contributed by atoms with E-state index in [4.69, 9.17) is 5.71 Å². The van der Waals surface area contributed by atoms with E-state index in [1.54, 1.807) is 0 Å². The zero-order valence-corrected chi connectivity index (χ0v) is 18.8. The van der Waals surface area contributed by atoms with Gasteiger partial charge in [0, 0.05) is 0 Å². The van der Waals surface area contributed by atoms with Crippen molar-refractivity contribution in [2.75, 3.05) is 0 Å². The fourth-order valence-electron chi connectivity index (χ4n) is 2.58. The Balaban J connectivity index is 0.00000361. The Hall–Kier alpha value is 0.560. The second-order valence-electron chi connectivity index (χ2n) is 6.50. The van der Waals surface area contributed by atoms with Crippen molar-refractivity contribution >= 4 is 12.4 Å². The fourth-order valence-corrected chi connectivity index (χ4v) is 11.0. The standard InChI is InChI=1S/C10H15.2C3H7O.ClH.Hf/c1-7-6-10(4,5)9(3)8(7)2;2*1-3(2)4;;/h1-5H3;2*3H,1-2H3;1H;/q;2*-1;;+2. The minimum Gasteiger partial charge on any atom is -0.147 e. The molecule has 20 heavy (non-hydrogen) atoms. The Morgan fingerprint density at radius 1 is 0.850 bits per heavy atom. The number of hydrogen-bond donors (Lipinski definition) is 0. The van der Waals surface area contributed by atoms with Crippen LogP contribution >= 0.6 is 12.4 Å². The zero-order valence-electron chi connectivity index (χ0n) is 14.4. The summed E-state index contributed by atoms with van der Waals surface area (Å²) in [6, 6.07) is 0. The van der Waals surface area contributed by atoms with Crippen LogP contribution in [0, 0.1) is 5.41 Å². The van der Waals surface area contributed by atoms with Crippen molar-refractivity contribution in [2.24, 2.45) is 5.41 Å². The van der Waals surface area contributed by atoms with Crippen LogP contribution in [0.25, 0.3) is 0 Å². The van der Waals surface area contributed by atoms with Crippen molar-refractivity contribution in [1.82, 2.24) is 0 Å². The van der Waals surface area contributed by atoms with Crippen LogP contribution in [-0.4, -0.2) is 12.2 Å². The number of halogens is 1. The molecule has 4 heteroatoms. The molecular weight excluding hydrogens is 438 g/mol. The van der Waals surface area contributed by atoms with Gasteiger partial charge in [-0.15, -0.1) is 12.4 Å². The SMILES string of the molecule is CC1=C(C)C(C)(C)[C]([Hf]([O]C(C)C)[O]C(C)C)=C1C.Cl.